The van der Waals surface area contributed by atoms with E-state index in [0.29, 0.717) is 18.8 Å². The SMILES string of the molecule is NNc1ccccc1S(=O)(=O)N1CCN(CC2CC2)CC1. The molecule has 1 aliphatic heterocycles. The summed E-state index contributed by atoms with van der Waals surface area (Å²) < 4.78 is 27.0. The van der Waals surface area contributed by atoms with E-state index < -0.39 is 10.0 Å². The Morgan fingerprint density at radius 3 is 2.43 bits per heavy atom. The summed E-state index contributed by atoms with van der Waals surface area (Å²) in [6.45, 7) is 3.85. The van der Waals surface area contributed by atoms with E-state index in [1.165, 1.54) is 12.8 Å². The van der Waals surface area contributed by atoms with Gasteiger partial charge in [0.25, 0.3) is 0 Å². The standard InChI is InChI=1S/C14H22N4O2S/c15-16-13-3-1-2-4-14(13)21(19,20)18-9-7-17(8-10-18)11-12-5-6-12/h1-4,12,16H,5-11,15H2. The van der Waals surface area contributed by atoms with Crippen LogP contribution in [0, 0.1) is 5.92 Å². The second kappa shape index (κ2) is 5.92. The molecule has 0 aromatic heterocycles. The lowest BCUT2D eigenvalue weighted by Crippen LogP contribution is -2.49. The fraction of sp³-hybridized carbons (Fsp3) is 0.571. The number of para-hydroxylation sites is 1. The summed E-state index contributed by atoms with van der Waals surface area (Å²) in [4.78, 5) is 2.62. The first-order valence-corrected chi connectivity index (χ1v) is 8.83. The van der Waals surface area contributed by atoms with Crippen LogP contribution in [0.1, 0.15) is 12.8 Å². The Labute approximate surface area is 125 Å². The van der Waals surface area contributed by atoms with E-state index in [0.717, 1.165) is 25.6 Å². The van der Waals surface area contributed by atoms with Crippen LogP contribution in [0.2, 0.25) is 0 Å². The smallest absolute Gasteiger partial charge is 0.245 e. The third kappa shape index (κ3) is 3.21. The van der Waals surface area contributed by atoms with Gasteiger partial charge in [-0.1, -0.05) is 12.1 Å². The number of hydrazine groups is 1. The molecule has 116 valence electrons. The molecule has 3 rings (SSSR count). The van der Waals surface area contributed by atoms with Crippen LogP contribution in [0.25, 0.3) is 0 Å². The predicted octanol–water partition coefficient (Wildman–Crippen LogP) is 0.689. The average molecular weight is 310 g/mol. The Morgan fingerprint density at radius 1 is 1.14 bits per heavy atom. The second-order valence-electron chi connectivity index (χ2n) is 5.79. The van der Waals surface area contributed by atoms with E-state index in [4.69, 9.17) is 5.84 Å². The molecule has 1 aliphatic carbocycles. The molecule has 2 fully saturated rings. The van der Waals surface area contributed by atoms with Gasteiger partial charge in [0.05, 0.1) is 5.69 Å². The van der Waals surface area contributed by atoms with E-state index in [1.54, 1.807) is 28.6 Å². The molecule has 1 heterocycles. The lowest BCUT2D eigenvalue weighted by molar-refractivity contribution is 0.182. The monoisotopic (exact) mass is 310 g/mol. The molecular formula is C14H22N4O2S. The number of hydrogen-bond acceptors (Lipinski definition) is 5. The number of sulfonamides is 1. The number of nitrogen functional groups attached to an aromatic ring is 1. The highest BCUT2D eigenvalue weighted by molar-refractivity contribution is 7.89. The number of nitrogens with one attached hydrogen (secondary N) is 1. The van der Waals surface area contributed by atoms with Gasteiger partial charge in [-0.2, -0.15) is 4.31 Å². The number of rotatable bonds is 5. The minimum atomic E-state index is -3.48. The Morgan fingerprint density at radius 2 is 1.81 bits per heavy atom. The van der Waals surface area contributed by atoms with Crippen LogP contribution in [0.15, 0.2) is 29.2 Å². The second-order valence-corrected chi connectivity index (χ2v) is 7.69. The molecule has 1 aromatic rings. The minimum absolute atomic E-state index is 0.253. The van der Waals surface area contributed by atoms with E-state index >= 15 is 0 Å². The Balaban J connectivity index is 1.70. The van der Waals surface area contributed by atoms with E-state index in [9.17, 15) is 8.42 Å². The van der Waals surface area contributed by atoms with Crippen LogP contribution in [0.3, 0.4) is 0 Å². The van der Waals surface area contributed by atoms with E-state index in [2.05, 4.69) is 10.3 Å². The first-order chi connectivity index (χ1) is 10.1. The van der Waals surface area contributed by atoms with Gasteiger partial charge in [0.15, 0.2) is 0 Å². The van der Waals surface area contributed by atoms with Gasteiger partial charge in [0, 0.05) is 32.7 Å². The maximum absolute atomic E-state index is 12.7. The molecule has 2 aliphatic rings. The van der Waals surface area contributed by atoms with Crippen molar-refractivity contribution in [1.82, 2.24) is 9.21 Å². The Kier molecular flexibility index (Phi) is 4.17. The fourth-order valence-electron chi connectivity index (χ4n) is 2.77. The molecule has 0 spiro atoms. The van der Waals surface area contributed by atoms with Crippen LogP contribution >= 0.6 is 0 Å². The summed E-state index contributed by atoms with van der Waals surface area (Å²) in [6, 6.07) is 6.76. The average Bonchev–Trinajstić information content (AvgIpc) is 3.32. The number of hydrogen-bond donors (Lipinski definition) is 2. The quantitative estimate of drug-likeness (QED) is 0.618. The number of benzene rings is 1. The van der Waals surface area contributed by atoms with Crippen LogP contribution in [-0.4, -0.2) is 50.3 Å². The first kappa shape index (κ1) is 14.8. The highest BCUT2D eigenvalue weighted by Crippen LogP contribution is 2.30. The van der Waals surface area contributed by atoms with Gasteiger partial charge < -0.3 is 10.3 Å². The molecule has 0 bridgehead atoms. The van der Waals surface area contributed by atoms with Crippen molar-refractivity contribution in [2.75, 3.05) is 38.1 Å². The van der Waals surface area contributed by atoms with Gasteiger partial charge >= 0.3 is 0 Å². The maximum atomic E-state index is 12.7. The molecule has 1 aromatic carbocycles. The van der Waals surface area contributed by atoms with E-state index in [-0.39, 0.29) is 4.90 Å². The molecule has 0 amide bonds. The Hall–Kier alpha value is -1.15. The van der Waals surface area contributed by atoms with Crippen molar-refractivity contribution in [2.24, 2.45) is 11.8 Å². The van der Waals surface area contributed by atoms with Crippen molar-refractivity contribution < 1.29 is 8.42 Å². The van der Waals surface area contributed by atoms with Gasteiger partial charge in [-0.25, -0.2) is 8.42 Å². The molecule has 3 N–H and O–H groups in total. The number of nitrogens with zero attached hydrogens (tertiary/aromatic N) is 2. The van der Waals surface area contributed by atoms with Crippen LogP contribution in [0.4, 0.5) is 5.69 Å². The van der Waals surface area contributed by atoms with Crippen molar-refractivity contribution in [3.05, 3.63) is 24.3 Å². The lowest BCUT2D eigenvalue weighted by atomic mass is 10.3. The van der Waals surface area contributed by atoms with Crippen LogP contribution < -0.4 is 11.3 Å². The summed E-state index contributed by atoms with van der Waals surface area (Å²) in [5.74, 6) is 6.26. The fourth-order valence-corrected chi connectivity index (χ4v) is 4.35. The zero-order chi connectivity index (χ0) is 14.9. The van der Waals surface area contributed by atoms with Crippen molar-refractivity contribution >= 4 is 15.7 Å². The topological polar surface area (TPSA) is 78.7 Å². The van der Waals surface area contributed by atoms with Crippen LogP contribution in [-0.2, 0) is 10.0 Å². The van der Waals surface area contributed by atoms with Crippen molar-refractivity contribution in [3.63, 3.8) is 0 Å². The van der Waals surface area contributed by atoms with Gasteiger partial charge in [-0.3, -0.25) is 5.84 Å². The Bertz CT molecular complexity index is 593. The van der Waals surface area contributed by atoms with Crippen molar-refractivity contribution in [2.45, 2.75) is 17.7 Å². The van der Waals surface area contributed by atoms with Gasteiger partial charge in [0.1, 0.15) is 4.90 Å². The number of anilines is 1. The summed E-state index contributed by atoms with van der Waals surface area (Å²) in [6.07, 6.45) is 2.65. The summed E-state index contributed by atoms with van der Waals surface area (Å²) >= 11 is 0. The highest BCUT2D eigenvalue weighted by atomic mass is 32.2. The van der Waals surface area contributed by atoms with Gasteiger partial charge in [0.2, 0.25) is 10.0 Å². The van der Waals surface area contributed by atoms with Gasteiger partial charge in [-0.05, 0) is 30.9 Å². The summed E-state index contributed by atoms with van der Waals surface area (Å²) in [5, 5.41) is 0. The molecule has 21 heavy (non-hydrogen) atoms. The largest absolute Gasteiger partial charge is 0.323 e. The zero-order valence-electron chi connectivity index (χ0n) is 12.0. The normalized spacial score (nSPS) is 21.4. The first-order valence-electron chi connectivity index (χ1n) is 7.39. The summed E-state index contributed by atoms with van der Waals surface area (Å²) in [5.41, 5.74) is 2.91. The third-order valence-corrected chi connectivity index (χ3v) is 6.16. The molecule has 0 atom stereocenters. The molecule has 1 saturated heterocycles. The maximum Gasteiger partial charge on any atom is 0.245 e. The molecule has 7 heteroatoms. The number of nitrogens with two attached hydrogens (primary N) is 1. The van der Waals surface area contributed by atoms with Gasteiger partial charge in [-0.15, -0.1) is 0 Å². The molecule has 6 nitrogen and oxygen atoms in total. The van der Waals surface area contributed by atoms with Crippen LogP contribution in [0.5, 0.6) is 0 Å². The molecule has 0 radical (unpaired) electrons. The summed E-state index contributed by atoms with van der Waals surface area (Å²) in [7, 11) is -3.48. The molecule has 1 saturated carbocycles. The van der Waals surface area contributed by atoms with Crippen molar-refractivity contribution in [1.29, 1.82) is 0 Å². The van der Waals surface area contributed by atoms with E-state index in [1.807, 2.05) is 0 Å². The number of piperazine rings is 1. The highest BCUT2D eigenvalue weighted by Gasteiger charge is 2.32. The molecule has 0 unspecified atom stereocenters. The predicted molar refractivity (Wildman–Crippen MR) is 82.2 cm³/mol. The zero-order valence-corrected chi connectivity index (χ0v) is 12.8. The lowest BCUT2D eigenvalue weighted by Gasteiger charge is -2.34. The third-order valence-electron chi connectivity index (χ3n) is 4.20. The van der Waals surface area contributed by atoms with Crippen molar-refractivity contribution in [3.8, 4) is 0 Å². The molecular weight excluding hydrogens is 288 g/mol. The minimum Gasteiger partial charge on any atom is -0.323 e.